The van der Waals surface area contributed by atoms with Gasteiger partial charge in [-0.3, -0.25) is 0 Å². The smallest absolute Gasteiger partial charge is 0.335 e. The monoisotopic (exact) mass is 211 g/mol. The Morgan fingerprint density at radius 1 is 1.40 bits per heavy atom. The maximum absolute atomic E-state index is 10.4. The van der Waals surface area contributed by atoms with E-state index in [0.717, 1.165) is 5.56 Å². The predicted molar refractivity (Wildman–Crippen MR) is 54.2 cm³/mol. The van der Waals surface area contributed by atoms with Gasteiger partial charge in [0, 0.05) is 11.3 Å². The first kappa shape index (κ1) is 11.5. The zero-order valence-electron chi connectivity index (χ0n) is 8.21. The summed E-state index contributed by atoms with van der Waals surface area (Å²) >= 11 is 0. The number of carbonyl (C=O) groups is 1. The van der Waals surface area contributed by atoms with Crippen molar-refractivity contribution in [1.82, 2.24) is 0 Å². The molecule has 1 aromatic rings. The molecule has 15 heavy (non-hydrogen) atoms. The van der Waals surface area contributed by atoms with Crippen molar-refractivity contribution in [2.45, 2.75) is 19.1 Å². The Morgan fingerprint density at radius 3 is 2.47 bits per heavy atom. The minimum absolute atomic E-state index is 0.218. The summed E-state index contributed by atoms with van der Waals surface area (Å²) in [6.07, 6.45) is -3.38. The van der Waals surface area contributed by atoms with Gasteiger partial charge >= 0.3 is 5.97 Å². The van der Waals surface area contributed by atoms with Gasteiger partial charge in [0.1, 0.15) is 6.10 Å². The molecule has 0 saturated carbocycles. The van der Waals surface area contributed by atoms with Gasteiger partial charge in [-0.2, -0.15) is 0 Å². The second kappa shape index (κ2) is 4.29. The fourth-order valence-corrected chi connectivity index (χ4v) is 1.27. The topological polar surface area (TPSA) is 104 Å². The Hall–Kier alpha value is -1.59. The molecule has 2 atom stereocenters. The SMILES string of the molecule is Cc1ccc(C(O)C(O)C(=O)O)c(N)c1. The normalized spacial score (nSPS) is 14.6. The molecule has 0 amide bonds. The molecule has 0 spiro atoms. The Labute approximate surface area is 86.8 Å². The number of anilines is 1. The summed E-state index contributed by atoms with van der Waals surface area (Å²) in [5.41, 5.74) is 6.98. The average Bonchev–Trinajstić information content (AvgIpc) is 2.15. The van der Waals surface area contributed by atoms with Gasteiger partial charge in [0.2, 0.25) is 0 Å². The molecule has 0 saturated heterocycles. The van der Waals surface area contributed by atoms with Crippen molar-refractivity contribution < 1.29 is 20.1 Å². The number of carboxylic acid groups (broad SMARTS) is 1. The molecule has 0 aliphatic heterocycles. The van der Waals surface area contributed by atoms with Crippen molar-refractivity contribution in [2.24, 2.45) is 0 Å². The lowest BCUT2D eigenvalue weighted by Gasteiger charge is -2.16. The summed E-state index contributed by atoms with van der Waals surface area (Å²) < 4.78 is 0. The first-order valence-corrected chi connectivity index (χ1v) is 4.38. The first-order chi connectivity index (χ1) is 6.93. The molecule has 2 unspecified atom stereocenters. The number of nitrogens with two attached hydrogens (primary N) is 1. The van der Waals surface area contributed by atoms with E-state index in [1.54, 1.807) is 12.1 Å². The van der Waals surface area contributed by atoms with E-state index in [0.29, 0.717) is 0 Å². The fraction of sp³-hybridized carbons (Fsp3) is 0.300. The second-order valence-corrected chi connectivity index (χ2v) is 3.36. The molecular weight excluding hydrogens is 198 g/mol. The van der Waals surface area contributed by atoms with Crippen LogP contribution in [0.2, 0.25) is 0 Å². The molecule has 0 radical (unpaired) electrons. The van der Waals surface area contributed by atoms with Gasteiger partial charge < -0.3 is 21.1 Å². The van der Waals surface area contributed by atoms with Crippen LogP contribution in [0.4, 0.5) is 5.69 Å². The van der Waals surface area contributed by atoms with Gasteiger partial charge in [0.15, 0.2) is 6.10 Å². The highest BCUT2D eigenvalue weighted by Crippen LogP contribution is 2.24. The molecule has 0 fully saturated rings. The summed E-state index contributed by atoms with van der Waals surface area (Å²) in [7, 11) is 0. The molecule has 0 aliphatic rings. The highest BCUT2D eigenvalue weighted by molar-refractivity contribution is 5.73. The van der Waals surface area contributed by atoms with Gasteiger partial charge in [-0.25, -0.2) is 4.79 Å². The minimum atomic E-state index is -1.87. The number of rotatable bonds is 3. The summed E-state index contributed by atoms with van der Waals surface area (Å²) in [5, 5.41) is 27.2. The molecule has 1 rings (SSSR count). The van der Waals surface area contributed by atoms with Gasteiger partial charge in [-0.05, 0) is 18.6 Å². The summed E-state index contributed by atoms with van der Waals surface area (Å²) in [5.74, 6) is -1.48. The minimum Gasteiger partial charge on any atom is -0.479 e. The number of carboxylic acids is 1. The predicted octanol–water partition coefficient (Wildman–Crippen LogP) is 0.0561. The molecule has 0 aromatic heterocycles. The van der Waals surface area contributed by atoms with Crippen molar-refractivity contribution in [3.05, 3.63) is 29.3 Å². The maximum atomic E-state index is 10.4. The number of aliphatic hydroxyl groups excluding tert-OH is 2. The summed E-state index contributed by atoms with van der Waals surface area (Å²) in [4.78, 5) is 10.4. The van der Waals surface area contributed by atoms with E-state index in [1.165, 1.54) is 6.07 Å². The Balaban J connectivity index is 3.01. The number of benzene rings is 1. The lowest BCUT2D eigenvalue weighted by Crippen LogP contribution is -2.28. The van der Waals surface area contributed by atoms with Crippen molar-refractivity contribution in [3.63, 3.8) is 0 Å². The van der Waals surface area contributed by atoms with Crippen LogP contribution in [-0.4, -0.2) is 27.4 Å². The molecular formula is C10H13NO4. The molecule has 82 valence electrons. The van der Waals surface area contributed by atoms with E-state index in [9.17, 15) is 9.90 Å². The van der Waals surface area contributed by atoms with Crippen LogP contribution in [0.1, 0.15) is 17.2 Å². The van der Waals surface area contributed by atoms with Gasteiger partial charge in [-0.15, -0.1) is 0 Å². The molecule has 0 aliphatic carbocycles. The standard InChI is InChI=1S/C10H13NO4/c1-5-2-3-6(7(11)4-5)8(12)9(13)10(14)15/h2-4,8-9,12-13H,11H2,1H3,(H,14,15). The Kier molecular flexibility index (Phi) is 3.28. The third-order valence-corrected chi connectivity index (χ3v) is 2.11. The van der Waals surface area contributed by atoms with Crippen molar-refractivity contribution in [3.8, 4) is 0 Å². The van der Waals surface area contributed by atoms with Crippen molar-refractivity contribution >= 4 is 11.7 Å². The third-order valence-electron chi connectivity index (χ3n) is 2.11. The van der Waals surface area contributed by atoms with Crippen LogP contribution in [0.15, 0.2) is 18.2 Å². The lowest BCUT2D eigenvalue weighted by atomic mass is 10.0. The number of hydrogen-bond donors (Lipinski definition) is 4. The van der Waals surface area contributed by atoms with Crippen LogP contribution in [0.5, 0.6) is 0 Å². The van der Waals surface area contributed by atoms with Crippen LogP contribution in [0.25, 0.3) is 0 Å². The van der Waals surface area contributed by atoms with E-state index in [-0.39, 0.29) is 11.3 Å². The van der Waals surface area contributed by atoms with E-state index in [2.05, 4.69) is 0 Å². The largest absolute Gasteiger partial charge is 0.479 e. The van der Waals surface area contributed by atoms with E-state index in [1.807, 2.05) is 6.92 Å². The lowest BCUT2D eigenvalue weighted by molar-refractivity contribution is -0.153. The molecule has 5 N–H and O–H groups in total. The van der Waals surface area contributed by atoms with Crippen LogP contribution < -0.4 is 5.73 Å². The second-order valence-electron chi connectivity index (χ2n) is 3.36. The molecule has 0 heterocycles. The average molecular weight is 211 g/mol. The summed E-state index contributed by atoms with van der Waals surface area (Å²) in [6, 6.07) is 4.79. The number of aryl methyl sites for hydroxylation is 1. The number of aliphatic hydroxyl groups is 2. The van der Waals surface area contributed by atoms with E-state index < -0.39 is 18.2 Å². The van der Waals surface area contributed by atoms with Gasteiger partial charge in [-0.1, -0.05) is 12.1 Å². The quantitative estimate of drug-likeness (QED) is 0.529. The Morgan fingerprint density at radius 2 is 2.00 bits per heavy atom. The number of hydrogen-bond acceptors (Lipinski definition) is 4. The zero-order chi connectivity index (χ0) is 11.6. The van der Waals surface area contributed by atoms with Crippen molar-refractivity contribution in [2.75, 3.05) is 5.73 Å². The number of nitrogen functional groups attached to an aromatic ring is 1. The Bertz CT molecular complexity index is 378. The van der Waals surface area contributed by atoms with Crippen LogP contribution >= 0.6 is 0 Å². The van der Waals surface area contributed by atoms with Crippen LogP contribution in [0.3, 0.4) is 0 Å². The summed E-state index contributed by atoms with van der Waals surface area (Å²) in [6.45, 7) is 1.82. The van der Waals surface area contributed by atoms with Gasteiger partial charge in [0.25, 0.3) is 0 Å². The first-order valence-electron chi connectivity index (χ1n) is 4.38. The molecule has 0 bridgehead atoms. The third kappa shape index (κ3) is 2.45. The molecule has 5 heteroatoms. The highest BCUT2D eigenvalue weighted by atomic mass is 16.4. The fourth-order valence-electron chi connectivity index (χ4n) is 1.27. The maximum Gasteiger partial charge on any atom is 0.335 e. The highest BCUT2D eigenvalue weighted by Gasteiger charge is 2.26. The van der Waals surface area contributed by atoms with Crippen LogP contribution in [-0.2, 0) is 4.79 Å². The van der Waals surface area contributed by atoms with E-state index in [4.69, 9.17) is 15.9 Å². The van der Waals surface area contributed by atoms with E-state index >= 15 is 0 Å². The zero-order valence-corrected chi connectivity index (χ0v) is 8.21. The van der Waals surface area contributed by atoms with Crippen molar-refractivity contribution in [1.29, 1.82) is 0 Å². The number of aliphatic carboxylic acids is 1. The van der Waals surface area contributed by atoms with Gasteiger partial charge in [0.05, 0.1) is 0 Å². The molecule has 5 nitrogen and oxygen atoms in total. The van der Waals surface area contributed by atoms with Crippen LogP contribution in [0, 0.1) is 6.92 Å². The molecule has 1 aromatic carbocycles.